The van der Waals surface area contributed by atoms with Gasteiger partial charge >= 0.3 is 0 Å². The Hall–Kier alpha value is -3.94. The van der Waals surface area contributed by atoms with Crippen LogP contribution in [-0.2, 0) is 0 Å². The van der Waals surface area contributed by atoms with Crippen LogP contribution in [0, 0.1) is 6.92 Å². The number of hydrogen-bond acceptors (Lipinski definition) is 6. The van der Waals surface area contributed by atoms with Gasteiger partial charge in [-0.1, -0.05) is 25.1 Å². The van der Waals surface area contributed by atoms with Gasteiger partial charge in [0.15, 0.2) is 11.5 Å². The number of aryl methyl sites for hydroxylation is 1. The lowest BCUT2D eigenvalue weighted by Crippen LogP contribution is -2.49. The minimum atomic E-state index is -0.213. The van der Waals surface area contributed by atoms with E-state index in [0.29, 0.717) is 56.4 Å². The number of piperazine rings is 1. The molecule has 2 aromatic carbocycles. The topological polar surface area (TPSA) is 87.7 Å². The maximum atomic E-state index is 13.2. The molecule has 1 saturated heterocycles. The Kier molecular flexibility index (Phi) is 8.15. The molecule has 1 aliphatic heterocycles. The molecule has 1 fully saturated rings. The molecule has 0 bridgehead atoms. The molecule has 2 heterocycles. The molecule has 0 spiro atoms. The molecule has 8 nitrogen and oxygen atoms in total. The lowest BCUT2D eigenvalue weighted by atomic mass is 9.98. The van der Waals surface area contributed by atoms with Gasteiger partial charge in [-0.3, -0.25) is 9.59 Å². The molecule has 3 aromatic rings. The van der Waals surface area contributed by atoms with Crippen LogP contribution < -0.4 is 15.0 Å². The molecule has 1 aliphatic rings. The molecule has 188 valence electrons. The highest BCUT2D eigenvalue weighted by Crippen LogP contribution is 2.28. The zero-order valence-corrected chi connectivity index (χ0v) is 21.2. The van der Waals surface area contributed by atoms with Crippen LogP contribution in [0.1, 0.15) is 46.7 Å². The fraction of sp³-hybridized carbons (Fsp3) is 0.357. The number of ether oxygens (including phenoxy) is 1. The average Bonchev–Trinajstić information content (AvgIpc) is 2.92. The quantitative estimate of drug-likeness (QED) is 0.518. The van der Waals surface area contributed by atoms with Crippen LogP contribution in [0.4, 0.5) is 5.82 Å². The van der Waals surface area contributed by atoms with Gasteiger partial charge in [0.2, 0.25) is 0 Å². The number of anilines is 1. The lowest BCUT2D eigenvalue weighted by Gasteiger charge is -2.35. The van der Waals surface area contributed by atoms with Gasteiger partial charge in [-0.15, -0.1) is 10.2 Å². The number of rotatable bonds is 8. The molecule has 0 unspecified atom stereocenters. The monoisotopic (exact) mass is 487 g/mol. The number of carbonyl (C=O) groups is 2. The van der Waals surface area contributed by atoms with Crippen molar-refractivity contribution in [3.63, 3.8) is 0 Å². The Morgan fingerprint density at radius 3 is 2.44 bits per heavy atom. The Labute approximate surface area is 212 Å². The number of aromatic nitrogens is 2. The summed E-state index contributed by atoms with van der Waals surface area (Å²) in [5.74, 6) is 1.37. The van der Waals surface area contributed by atoms with Crippen LogP contribution in [0.5, 0.6) is 5.75 Å². The first-order valence-corrected chi connectivity index (χ1v) is 12.5. The lowest BCUT2D eigenvalue weighted by molar-refractivity contribution is 0.0746. The fourth-order valence-electron chi connectivity index (χ4n) is 4.31. The zero-order valence-electron chi connectivity index (χ0n) is 21.2. The minimum absolute atomic E-state index is 0.0291. The van der Waals surface area contributed by atoms with Gasteiger partial charge in [0, 0.05) is 38.3 Å². The first-order valence-electron chi connectivity index (χ1n) is 12.5. The van der Waals surface area contributed by atoms with Gasteiger partial charge in [0.05, 0.1) is 6.61 Å². The highest BCUT2D eigenvalue weighted by molar-refractivity contribution is 5.95. The fourth-order valence-corrected chi connectivity index (χ4v) is 4.31. The first kappa shape index (κ1) is 25.2. The normalized spacial score (nSPS) is 13.4. The molecular weight excluding hydrogens is 454 g/mol. The Morgan fingerprint density at radius 1 is 0.972 bits per heavy atom. The zero-order chi connectivity index (χ0) is 25.5. The number of benzene rings is 2. The molecule has 0 saturated carbocycles. The molecule has 8 heteroatoms. The van der Waals surface area contributed by atoms with E-state index in [2.05, 4.69) is 26.5 Å². The van der Waals surface area contributed by atoms with E-state index in [4.69, 9.17) is 4.74 Å². The van der Waals surface area contributed by atoms with Crippen molar-refractivity contribution in [2.45, 2.75) is 27.2 Å². The van der Waals surface area contributed by atoms with Crippen molar-refractivity contribution in [3.8, 4) is 16.9 Å². The average molecular weight is 488 g/mol. The van der Waals surface area contributed by atoms with E-state index in [0.717, 1.165) is 28.9 Å². The molecule has 2 amide bonds. The molecule has 0 radical (unpaired) electrons. The van der Waals surface area contributed by atoms with Crippen molar-refractivity contribution in [1.29, 1.82) is 0 Å². The summed E-state index contributed by atoms with van der Waals surface area (Å²) >= 11 is 0. The standard InChI is InChI=1S/C28H33N5O3/c1-4-13-29-27(34)25-11-12-26(31-30-25)32-14-16-33(17-15-32)28(35)22-9-10-24(20(3)18-22)21-7-6-8-23(19-21)36-5-2/h6-12,18-19H,4-5,13-17H2,1-3H3,(H,29,34). The smallest absolute Gasteiger partial charge is 0.271 e. The summed E-state index contributed by atoms with van der Waals surface area (Å²) in [5.41, 5.74) is 4.20. The van der Waals surface area contributed by atoms with Gasteiger partial charge in [0.1, 0.15) is 5.75 Å². The summed E-state index contributed by atoms with van der Waals surface area (Å²) in [5, 5.41) is 11.1. The van der Waals surface area contributed by atoms with Gasteiger partial charge < -0.3 is 19.9 Å². The molecule has 4 rings (SSSR count). The Balaban J connectivity index is 1.37. The number of nitrogens with zero attached hydrogens (tertiary/aromatic N) is 4. The van der Waals surface area contributed by atoms with E-state index in [1.807, 2.05) is 68.1 Å². The number of hydrogen-bond donors (Lipinski definition) is 1. The van der Waals surface area contributed by atoms with Crippen LogP contribution >= 0.6 is 0 Å². The predicted octanol–water partition coefficient (Wildman–Crippen LogP) is 3.95. The number of nitrogens with one attached hydrogen (secondary N) is 1. The second kappa shape index (κ2) is 11.7. The highest BCUT2D eigenvalue weighted by atomic mass is 16.5. The van der Waals surface area contributed by atoms with Gasteiger partial charge in [-0.05, 0) is 73.4 Å². The predicted molar refractivity (Wildman–Crippen MR) is 141 cm³/mol. The maximum absolute atomic E-state index is 13.2. The summed E-state index contributed by atoms with van der Waals surface area (Å²) in [7, 11) is 0. The van der Waals surface area contributed by atoms with E-state index >= 15 is 0 Å². The molecule has 36 heavy (non-hydrogen) atoms. The molecule has 1 aromatic heterocycles. The number of amides is 2. The van der Waals surface area contributed by atoms with Crippen LogP contribution in [-0.4, -0.2) is 66.2 Å². The number of carbonyl (C=O) groups excluding carboxylic acids is 2. The van der Waals surface area contributed by atoms with E-state index in [9.17, 15) is 9.59 Å². The first-order chi connectivity index (χ1) is 17.5. The molecule has 0 atom stereocenters. The van der Waals surface area contributed by atoms with Crippen molar-refractivity contribution in [2.75, 3.05) is 44.2 Å². The Bertz CT molecular complexity index is 1200. The summed E-state index contributed by atoms with van der Waals surface area (Å²) in [6, 6.07) is 17.4. The summed E-state index contributed by atoms with van der Waals surface area (Å²) < 4.78 is 5.63. The SMILES string of the molecule is CCCNC(=O)c1ccc(N2CCN(C(=O)c3ccc(-c4cccc(OCC)c4)c(C)c3)CC2)nn1. The third-order valence-electron chi connectivity index (χ3n) is 6.24. The van der Waals surface area contributed by atoms with Crippen LogP contribution in [0.15, 0.2) is 54.6 Å². The van der Waals surface area contributed by atoms with Crippen LogP contribution in [0.25, 0.3) is 11.1 Å². The van der Waals surface area contributed by atoms with Crippen molar-refractivity contribution in [2.24, 2.45) is 0 Å². The summed E-state index contributed by atoms with van der Waals surface area (Å²) in [4.78, 5) is 29.2. The van der Waals surface area contributed by atoms with Crippen LogP contribution in [0.3, 0.4) is 0 Å². The second-order valence-electron chi connectivity index (χ2n) is 8.80. The van der Waals surface area contributed by atoms with E-state index in [1.165, 1.54) is 0 Å². The second-order valence-corrected chi connectivity index (χ2v) is 8.80. The largest absolute Gasteiger partial charge is 0.494 e. The van der Waals surface area contributed by atoms with Gasteiger partial charge in [0.25, 0.3) is 11.8 Å². The third kappa shape index (κ3) is 5.82. The van der Waals surface area contributed by atoms with Gasteiger partial charge in [-0.2, -0.15) is 0 Å². The summed E-state index contributed by atoms with van der Waals surface area (Å²) in [6.07, 6.45) is 0.867. The van der Waals surface area contributed by atoms with Crippen LogP contribution in [0.2, 0.25) is 0 Å². The van der Waals surface area contributed by atoms with E-state index in [-0.39, 0.29) is 11.8 Å². The van der Waals surface area contributed by atoms with E-state index in [1.54, 1.807) is 6.07 Å². The third-order valence-corrected chi connectivity index (χ3v) is 6.24. The molecule has 0 aliphatic carbocycles. The minimum Gasteiger partial charge on any atom is -0.494 e. The molecule has 1 N–H and O–H groups in total. The van der Waals surface area contributed by atoms with E-state index < -0.39 is 0 Å². The summed E-state index contributed by atoms with van der Waals surface area (Å²) in [6.45, 7) is 9.73. The van der Waals surface area contributed by atoms with Gasteiger partial charge in [-0.25, -0.2) is 0 Å². The highest BCUT2D eigenvalue weighted by Gasteiger charge is 2.24. The Morgan fingerprint density at radius 2 is 1.78 bits per heavy atom. The van der Waals surface area contributed by atoms with Crippen molar-refractivity contribution >= 4 is 17.6 Å². The van der Waals surface area contributed by atoms with Crippen molar-refractivity contribution in [1.82, 2.24) is 20.4 Å². The van der Waals surface area contributed by atoms with Crippen molar-refractivity contribution in [3.05, 3.63) is 71.4 Å². The van der Waals surface area contributed by atoms with Crippen molar-refractivity contribution < 1.29 is 14.3 Å². The maximum Gasteiger partial charge on any atom is 0.271 e. The molecular formula is C28H33N5O3.